The van der Waals surface area contributed by atoms with Crippen LogP contribution in [0.25, 0.3) is 11.6 Å². The van der Waals surface area contributed by atoms with Gasteiger partial charge < -0.3 is 0 Å². The topological polar surface area (TPSA) is 0 Å². The highest BCUT2D eigenvalue weighted by molar-refractivity contribution is 5.69. The molecule has 0 unspecified atom stereocenters. The van der Waals surface area contributed by atoms with Crippen molar-refractivity contribution in [3.63, 3.8) is 0 Å². The summed E-state index contributed by atoms with van der Waals surface area (Å²) in [4.78, 5) is 0. The summed E-state index contributed by atoms with van der Waals surface area (Å²) in [5, 5.41) is 0. The number of rotatable bonds is 3. The molecule has 0 nitrogen and oxygen atoms in total. The van der Waals surface area contributed by atoms with Gasteiger partial charge in [0.1, 0.15) is 0 Å². The highest BCUT2D eigenvalue weighted by Gasteiger charge is 1.94. The minimum absolute atomic E-state index is 1.24. The van der Waals surface area contributed by atoms with Crippen molar-refractivity contribution in [3.8, 4) is 0 Å². The summed E-state index contributed by atoms with van der Waals surface area (Å²) in [5.74, 6) is 0. The zero-order valence-corrected chi connectivity index (χ0v) is 10.9. The van der Waals surface area contributed by atoms with Gasteiger partial charge in [-0.05, 0) is 30.5 Å². The van der Waals surface area contributed by atoms with Crippen LogP contribution in [-0.2, 0) is 0 Å². The average molecular weight is 234 g/mol. The summed E-state index contributed by atoms with van der Waals surface area (Å²) >= 11 is 0. The molecule has 0 bridgehead atoms. The van der Waals surface area contributed by atoms with Crippen LogP contribution in [0, 0.1) is 0 Å². The van der Waals surface area contributed by atoms with Crippen LogP contribution in [0.2, 0.25) is 0 Å². The zero-order chi connectivity index (χ0) is 12.8. The quantitative estimate of drug-likeness (QED) is 0.641. The first-order chi connectivity index (χ1) is 8.75. The Morgan fingerprint density at radius 1 is 0.778 bits per heavy atom. The van der Waals surface area contributed by atoms with Crippen molar-refractivity contribution in [1.29, 1.82) is 0 Å². The van der Waals surface area contributed by atoms with Crippen molar-refractivity contribution < 1.29 is 0 Å². The van der Waals surface area contributed by atoms with Gasteiger partial charge in [-0.3, -0.25) is 0 Å². The molecule has 0 spiro atoms. The van der Waals surface area contributed by atoms with Gasteiger partial charge in [-0.15, -0.1) is 0 Å². The third-order valence-corrected chi connectivity index (χ3v) is 2.87. The SMILES string of the molecule is CC(=Cc1ccccc1)C=C(C)c1ccccc1. The summed E-state index contributed by atoms with van der Waals surface area (Å²) in [6, 6.07) is 20.9. The molecule has 0 heterocycles. The van der Waals surface area contributed by atoms with Gasteiger partial charge in [-0.25, -0.2) is 0 Å². The first kappa shape index (κ1) is 12.4. The minimum atomic E-state index is 1.24. The number of hydrogen-bond donors (Lipinski definition) is 0. The second kappa shape index (κ2) is 6.02. The molecule has 0 aliphatic heterocycles. The fourth-order valence-corrected chi connectivity index (χ4v) is 1.98. The Bertz CT molecular complexity index is 545. The van der Waals surface area contributed by atoms with E-state index < -0.39 is 0 Å². The van der Waals surface area contributed by atoms with E-state index in [1.165, 1.54) is 22.3 Å². The standard InChI is InChI=1S/C18H18/c1-15(14-17-9-5-3-6-10-17)13-16(2)18-11-7-4-8-12-18/h3-14H,1-2H3. The maximum Gasteiger partial charge on any atom is -0.0227 e. The summed E-state index contributed by atoms with van der Waals surface area (Å²) < 4.78 is 0. The van der Waals surface area contributed by atoms with Gasteiger partial charge in [0.05, 0.1) is 0 Å². The Morgan fingerprint density at radius 3 is 1.94 bits per heavy atom. The van der Waals surface area contributed by atoms with Crippen molar-refractivity contribution >= 4 is 11.6 Å². The normalized spacial score (nSPS) is 12.6. The van der Waals surface area contributed by atoms with Crippen molar-refractivity contribution in [2.75, 3.05) is 0 Å². The van der Waals surface area contributed by atoms with Crippen LogP contribution in [0.5, 0.6) is 0 Å². The number of hydrogen-bond acceptors (Lipinski definition) is 0. The second-order valence-corrected chi connectivity index (χ2v) is 4.49. The molecule has 18 heavy (non-hydrogen) atoms. The first-order valence-electron chi connectivity index (χ1n) is 6.23. The summed E-state index contributed by atoms with van der Waals surface area (Å²) in [6.45, 7) is 4.29. The van der Waals surface area contributed by atoms with E-state index in [1.807, 2.05) is 12.1 Å². The van der Waals surface area contributed by atoms with E-state index in [9.17, 15) is 0 Å². The maximum absolute atomic E-state index is 2.22. The van der Waals surface area contributed by atoms with Crippen molar-refractivity contribution in [2.24, 2.45) is 0 Å². The molecule has 0 aromatic heterocycles. The van der Waals surface area contributed by atoms with Crippen LogP contribution >= 0.6 is 0 Å². The molecule has 0 saturated heterocycles. The molecule has 90 valence electrons. The average Bonchev–Trinajstić information content (AvgIpc) is 2.40. The lowest BCUT2D eigenvalue weighted by molar-refractivity contribution is 1.50. The summed E-state index contributed by atoms with van der Waals surface area (Å²) in [7, 11) is 0. The molecule has 2 aromatic carbocycles. The predicted octanol–water partition coefficient (Wildman–Crippen LogP) is 5.19. The Kier molecular flexibility index (Phi) is 4.14. The highest BCUT2D eigenvalue weighted by Crippen LogP contribution is 2.16. The van der Waals surface area contributed by atoms with Crippen LogP contribution < -0.4 is 0 Å². The molecule has 0 fully saturated rings. The Labute approximate surface area is 109 Å². The molecule has 0 atom stereocenters. The number of benzene rings is 2. The maximum atomic E-state index is 2.22. The minimum Gasteiger partial charge on any atom is -0.0622 e. The molecule has 0 aliphatic carbocycles. The molecule has 2 rings (SSSR count). The Morgan fingerprint density at radius 2 is 1.33 bits per heavy atom. The van der Waals surface area contributed by atoms with Crippen LogP contribution in [0.15, 0.2) is 72.3 Å². The highest BCUT2D eigenvalue weighted by atomic mass is 14.0. The molecule has 0 heteroatoms. The van der Waals surface area contributed by atoms with Crippen molar-refractivity contribution in [3.05, 3.63) is 83.4 Å². The third-order valence-electron chi connectivity index (χ3n) is 2.87. The second-order valence-electron chi connectivity index (χ2n) is 4.49. The molecule has 0 radical (unpaired) electrons. The fraction of sp³-hybridized carbons (Fsp3) is 0.111. The van der Waals surface area contributed by atoms with E-state index in [1.54, 1.807) is 0 Å². The molecule has 0 amide bonds. The van der Waals surface area contributed by atoms with Gasteiger partial charge in [-0.1, -0.05) is 78.4 Å². The lowest BCUT2D eigenvalue weighted by atomic mass is 10.0. The van der Waals surface area contributed by atoms with E-state index in [-0.39, 0.29) is 0 Å². The van der Waals surface area contributed by atoms with E-state index in [0.717, 1.165) is 0 Å². The van der Waals surface area contributed by atoms with Gasteiger partial charge in [0.2, 0.25) is 0 Å². The Hall–Kier alpha value is -2.08. The predicted molar refractivity (Wildman–Crippen MR) is 80.2 cm³/mol. The fourth-order valence-electron chi connectivity index (χ4n) is 1.98. The Balaban J connectivity index is 2.21. The molecule has 2 aromatic rings. The van der Waals surface area contributed by atoms with Gasteiger partial charge in [-0.2, -0.15) is 0 Å². The van der Waals surface area contributed by atoms with Gasteiger partial charge in [0.15, 0.2) is 0 Å². The smallest absolute Gasteiger partial charge is 0.0227 e. The number of allylic oxidation sites excluding steroid dienone is 3. The van der Waals surface area contributed by atoms with Gasteiger partial charge in [0, 0.05) is 0 Å². The van der Waals surface area contributed by atoms with E-state index in [0.29, 0.717) is 0 Å². The largest absolute Gasteiger partial charge is 0.0622 e. The van der Waals surface area contributed by atoms with E-state index in [2.05, 4.69) is 74.5 Å². The molecule has 0 saturated carbocycles. The lowest BCUT2D eigenvalue weighted by Crippen LogP contribution is -1.80. The van der Waals surface area contributed by atoms with Crippen LogP contribution in [-0.4, -0.2) is 0 Å². The zero-order valence-electron chi connectivity index (χ0n) is 10.9. The molecule has 0 aliphatic rings. The van der Waals surface area contributed by atoms with Crippen LogP contribution in [0.3, 0.4) is 0 Å². The van der Waals surface area contributed by atoms with Crippen LogP contribution in [0.4, 0.5) is 0 Å². The van der Waals surface area contributed by atoms with Crippen molar-refractivity contribution in [2.45, 2.75) is 13.8 Å². The van der Waals surface area contributed by atoms with Crippen molar-refractivity contribution in [1.82, 2.24) is 0 Å². The molecule has 0 N–H and O–H groups in total. The summed E-state index contributed by atoms with van der Waals surface area (Å²) in [5.41, 5.74) is 5.08. The van der Waals surface area contributed by atoms with E-state index in [4.69, 9.17) is 0 Å². The van der Waals surface area contributed by atoms with Crippen LogP contribution in [0.1, 0.15) is 25.0 Å². The van der Waals surface area contributed by atoms with Gasteiger partial charge in [0.25, 0.3) is 0 Å². The van der Waals surface area contributed by atoms with E-state index >= 15 is 0 Å². The molecular formula is C18H18. The monoisotopic (exact) mass is 234 g/mol. The first-order valence-corrected chi connectivity index (χ1v) is 6.23. The summed E-state index contributed by atoms with van der Waals surface area (Å²) in [6.07, 6.45) is 4.43. The molecular weight excluding hydrogens is 216 g/mol. The third kappa shape index (κ3) is 3.46. The lowest BCUT2D eigenvalue weighted by Gasteiger charge is -2.02. The van der Waals surface area contributed by atoms with Gasteiger partial charge >= 0.3 is 0 Å².